The van der Waals surface area contributed by atoms with Gasteiger partial charge in [-0.1, -0.05) is 6.07 Å². The molecule has 10 heteroatoms. The highest BCUT2D eigenvalue weighted by molar-refractivity contribution is 7.80. The number of thiocarbonyl (C=S) groups is 1. The maximum Gasteiger partial charge on any atom is 0.269 e. The van der Waals surface area contributed by atoms with Crippen molar-refractivity contribution in [2.24, 2.45) is 0 Å². The maximum atomic E-state index is 11.2. The lowest BCUT2D eigenvalue weighted by Gasteiger charge is -2.29. The Morgan fingerprint density at radius 3 is 2.15 bits per heavy atom. The van der Waals surface area contributed by atoms with Crippen LogP contribution >= 0.6 is 12.2 Å². The summed E-state index contributed by atoms with van der Waals surface area (Å²) in [5.41, 5.74) is 3.51. The van der Waals surface area contributed by atoms with Gasteiger partial charge in [-0.05, 0) is 97.1 Å². The number of nitro groups is 1. The van der Waals surface area contributed by atoms with Crippen molar-refractivity contribution in [2.75, 3.05) is 12.0 Å². The van der Waals surface area contributed by atoms with E-state index in [1.54, 1.807) is 25.4 Å². The lowest BCUT2D eigenvalue weighted by atomic mass is 10.0. The van der Waals surface area contributed by atoms with Gasteiger partial charge in [-0.3, -0.25) is 15.1 Å². The van der Waals surface area contributed by atoms with Gasteiger partial charge in [-0.2, -0.15) is 0 Å². The van der Waals surface area contributed by atoms with E-state index in [2.05, 4.69) is 15.2 Å². The number of rotatable bonds is 8. The summed E-state index contributed by atoms with van der Waals surface area (Å²) < 4.78 is 13.3. The Morgan fingerprint density at radius 1 is 0.854 bits per heavy atom. The minimum absolute atomic E-state index is 0.0381. The van der Waals surface area contributed by atoms with Crippen molar-refractivity contribution < 1.29 is 14.4 Å². The Kier molecular flexibility index (Phi) is 7.05. The van der Waals surface area contributed by atoms with Gasteiger partial charge in [0.2, 0.25) is 0 Å². The zero-order chi connectivity index (χ0) is 28.3. The molecule has 2 aromatic heterocycles. The molecule has 0 saturated carbocycles. The molecule has 1 aliphatic heterocycles. The van der Waals surface area contributed by atoms with Gasteiger partial charge >= 0.3 is 0 Å². The molecule has 0 bridgehead atoms. The number of aromatic nitrogens is 2. The molecule has 3 heterocycles. The summed E-state index contributed by atoms with van der Waals surface area (Å²) in [5, 5.41) is 15.2. The van der Waals surface area contributed by atoms with E-state index in [1.807, 2.05) is 89.6 Å². The number of methoxy groups -OCH3 is 1. The van der Waals surface area contributed by atoms with Crippen LogP contribution in [0.2, 0.25) is 0 Å². The molecule has 0 radical (unpaired) electrons. The predicted molar refractivity (Wildman–Crippen MR) is 160 cm³/mol. The molecule has 41 heavy (non-hydrogen) atoms. The van der Waals surface area contributed by atoms with Crippen LogP contribution in [0.4, 0.5) is 11.4 Å². The van der Waals surface area contributed by atoms with Crippen LogP contribution in [0.3, 0.4) is 0 Å². The molecule has 6 rings (SSSR count). The van der Waals surface area contributed by atoms with E-state index in [4.69, 9.17) is 21.7 Å². The SMILES string of the molecule is COc1ccc(Oc2ccc(N3C(=S)N[C@@H](c4ccccn4)[C@H]3c3cccn3-c3ccc([N+](=O)[O-])cc3)cc2)cc1. The number of pyridine rings is 1. The Bertz CT molecular complexity index is 1670. The molecule has 1 N–H and O–H groups in total. The first-order chi connectivity index (χ1) is 20.0. The second-order valence-corrected chi connectivity index (χ2v) is 9.73. The van der Waals surface area contributed by atoms with Crippen molar-refractivity contribution in [2.45, 2.75) is 12.1 Å². The van der Waals surface area contributed by atoms with Gasteiger partial charge in [0.15, 0.2) is 5.11 Å². The fourth-order valence-corrected chi connectivity index (χ4v) is 5.34. The van der Waals surface area contributed by atoms with Gasteiger partial charge in [0.05, 0.1) is 23.8 Å². The van der Waals surface area contributed by atoms with E-state index < -0.39 is 4.92 Å². The highest BCUT2D eigenvalue weighted by Gasteiger charge is 2.42. The van der Waals surface area contributed by atoms with Crippen molar-refractivity contribution in [3.05, 3.63) is 137 Å². The molecule has 5 aromatic rings. The summed E-state index contributed by atoms with van der Waals surface area (Å²) in [6.45, 7) is 0. The number of non-ortho nitro benzene ring substituents is 1. The molecular formula is C31H25N5O4S. The number of nitrogens with one attached hydrogen (secondary N) is 1. The number of hydrogen-bond donors (Lipinski definition) is 1. The molecule has 1 aliphatic rings. The molecule has 0 unspecified atom stereocenters. The van der Waals surface area contributed by atoms with E-state index in [9.17, 15) is 10.1 Å². The van der Waals surface area contributed by atoms with Gasteiger partial charge in [0.1, 0.15) is 23.3 Å². The first-order valence-electron chi connectivity index (χ1n) is 12.9. The molecule has 9 nitrogen and oxygen atoms in total. The quantitative estimate of drug-likeness (QED) is 0.126. The second kappa shape index (κ2) is 11.1. The molecule has 1 fully saturated rings. The molecule has 204 valence electrons. The van der Waals surface area contributed by atoms with Gasteiger partial charge < -0.3 is 24.3 Å². The fraction of sp³-hybridized carbons (Fsp3) is 0.0968. The van der Waals surface area contributed by atoms with Crippen molar-refractivity contribution in [3.8, 4) is 22.9 Å². The smallest absolute Gasteiger partial charge is 0.269 e. The Balaban J connectivity index is 1.36. The van der Waals surface area contributed by atoms with Gasteiger partial charge in [0, 0.05) is 41.6 Å². The van der Waals surface area contributed by atoms with E-state index in [0.29, 0.717) is 16.6 Å². The largest absolute Gasteiger partial charge is 0.497 e. The average Bonchev–Trinajstić information content (AvgIpc) is 3.63. The number of benzene rings is 3. The highest BCUT2D eigenvalue weighted by Crippen LogP contribution is 2.42. The van der Waals surface area contributed by atoms with E-state index >= 15 is 0 Å². The zero-order valence-corrected chi connectivity index (χ0v) is 22.8. The van der Waals surface area contributed by atoms with Crippen LogP contribution in [0.1, 0.15) is 23.5 Å². The third kappa shape index (κ3) is 5.20. The summed E-state index contributed by atoms with van der Waals surface area (Å²) in [4.78, 5) is 17.5. The van der Waals surface area contributed by atoms with Crippen molar-refractivity contribution in [3.63, 3.8) is 0 Å². The Morgan fingerprint density at radius 2 is 1.51 bits per heavy atom. The molecule has 2 atom stereocenters. The van der Waals surface area contributed by atoms with Crippen LogP contribution < -0.4 is 19.7 Å². The minimum Gasteiger partial charge on any atom is -0.497 e. The van der Waals surface area contributed by atoms with Crippen LogP contribution in [0.15, 0.2) is 116 Å². The summed E-state index contributed by atoms with van der Waals surface area (Å²) in [7, 11) is 1.63. The Hall–Kier alpha value is -5.22. The standard InChI is InChI=1S/C31H25N5O4S/c1-39-24-15-17-26(18-16-24)40-25-13-11-22(12-14-25)35-30(29(33-31(35)41)27-5-2-3-19-32-27)28-6-4-20-34(28)21-7-9-23(10-8-21)36(37)38/h2-20,29-30H,1H3,(H,33,41)/t29-,30+/m0/s1. The average molecular weight is 564 g/mol. The van der Waals surface area contributed by atoms with E-state index in [0.717, 1.165) is 28.5 Å². The van der Waals surface area contributed by atoms with Crippen LogP contribution in [-0.2, 0) is 0 Å². The van der Waals surface area contributed by atoms with E-state index in [1.165, 1.54) is 12.1 Å². The van der Waals surface area contributed by atoms with Crippen molar-refractivity contribution in [1.29, 1.82) is 0 Å². The predicted octanol–water partition coefficient (Wildman–Crippen LogP) is 6.76. The normalized spacial score (nSPS) is 16.3. The lowest BCUT2D eigenvalue weighted by molar-refractivity contribution is -0.384. The van der Waals surface area contributed by atoms with Gasteiger partial charge in [-0.15, -0.1) is 0 Å². The second-order valence-electron chi connectivity index (χ2n) is 9.34. The summed E-state index contributed by atoms with van der Waals surface area (Å²) in [6.07, 6.45) is 3.71. The highest BCUT2D eigenvalue weighted by atomic mass is 32.1. The number of nitro benzene ring substituents is 1. The van der Waals surface area contributed by atoms with Crippen LogP contribution in [0.25, 0.3) is 5.69 Å². The first-order valence-corrected chi connectivity index (χ1v) is 13.3. The summed E-state index contributed by atoms with van der Waals surface area (Å²) >= 11 is 5.88. The zero-order valence-electron chi connectivity index (χ0n) is 22.0. The third-order valence-electron chi connectivity index (χ3n) is 6.93. The summed E-state index contributed by atoms with van der Waals surface area (Å²) in [5.74, 6) is 2.14. The van der Waals surface area contributed by atoms with Crippen LogP contribution in [0.5, 0.6) is 17.2 Å². The molecular weight excluding hydrogens is 538 g/mol. The topological polar surface area (TPSA) is 94.7 Å². The van der Waals surface area contributed by atoms with Gasteiger partial charge in [0.25, 0.3) is 5.69 Å². The Labute approximate surface area is 241 Å². The maximum absolute atomic E-state index is 11.2. The van der Waals surface area contributed by atoms with Crippen molar-refractivity contribution >= 4 is 28.7 Å². The molecule has 0 spiro atoms. The van der Waals surface area contributed by atoms with Crippen LogP contribution in [-0.4, -0.2) is 26.7 Å². The van der Waals surface area contributed by atoms with Gasteiger partial charge in [-0.25, -0.2) is 0 Å². The van der Waals surface area contributed by atoms with Crippen molar-refractivity contribution in [1.82, 2.24) is 14.9 Å². The lowest BCUT2D eigenvalue weighted by Crippen LogP contribution is -2.30. The minimum atomic E-state index is -0.402. The number of ether oxygens (including phenoxy) is 2. The number of hydrogen-bond acceptors (Lipinski definition) is 6. The number of anilines is 1. The number of nitrogens with zero attached hydrogens (tertiary/aromatic N) is 4. The molecule has 0 aliphatic carbocycles. The fourth-order valence-electron chi connectivity index (χ4n) is 4.99. The van der Waals surface area contributed by atoms with Crippen LogP contribution in [0, 0.1) is 10.1 Å². The van der Waals surface area contributed by atoms with E-state index in [-0.39, 0.29) is 17.8 Å². The molecule has 3 aromatic carbocycles. The monoisotopic (exact) mass is 563 g/mol. The first kappa shape index (κ1) is 26.0. The third-order valence-corrected chi connectivity index (χ3v) is 7.24. The molecule has 0 amide bonds. The molecule has 1 saturated heterocycles. The summed E-state index contributed by atoms with van der Waals surface area (Å²) in [6, 6.07) is 30.9.